The Balaban J connectivity index is 1.46. The summed E-state index contributed by atoms with van der Waals surface area (Å²) in [6.45, 7) is 2.32. The zero-order valence-electron chi connectivity index (χ0n) is 14.7. The molecule has 0 bridgehead atoms. The molecule has 25 heavy (non-hydrogen) atoms. The third-order valence-electron chi connectivity index (χ3n) is 6.50. The van der Waals surface area contributed by atoms with E-state index in [4.69, 9.17) is 0 Å². The minimum absolute atomic E-state index is 0.101. The number of piperidine rings is 2. The minimum Gasteiger partial charge on any atom is -0.338 e. The molecule has 3 nitrogen and oxygen atoms in total. The Kier molecular flexibility index (Phi) is 5.11. The van der Waals surface area contributed by atoms with Crippen LogP contribution in [0.15, 0.2) is 11.0 Å². The van der Waals surface area contributed by atoms with Crippen LogP contribution in [0.4, 0.5) is 8.78 Å². The van der Waals surface area contributed by atoms with Gasteiger partial charge in [0.15, 0.2) is 0 Å². The van der Waals surface area contributed by atoms with Gasteiger partial charge in [-0.05, 0) is 49.6 Å². The molecule has 0 aromatic heterocycles. The Morgan fingerprint density at radius 1 is 1.20 bits per heavy atom. The quantitative estimate of drug-likeness (QED) is 0.805. The van der Waals surface area contributed by atoms with Crippen molar-refractivity contribution >= 4 is 17.7 Å². The van der Waals surface area contributed by atoms with Crippen LogP contribution in [0.5, 0.6) is 0 Å². The van der Waals surface area contributed by atoms with Gasteiger partial charge >= 0.3 is 0 Å². The van der Waals surface area contributed by atoms with Gasteiger partial charge in [0.2, 0.25) is 5.91 Å². The molecule has 3 unspecified atom stereocenters. The Morgan fingerprint density at radius 2 is 1.96 bits per heavy atom. The van der Waals surface area contributed by atoms with Gasteiger partial charge in [0.1, 0.15) is 0 Å². The number of carbonyl (C=O) groups is 1. The van der Waals surface area contributed by atoms with Crippen molar-refractivity contribution in [1.29, 1.82) is 0 Å². The van der Waals surface area contributed by atoms with Gasteiger partial charge in [-0.2, -0.15) is 0 Å². The van der Waals surface area contributed by atoms with Crippen LogP contribution in [0.25, 0.3) is 0 Å². The molecule has 0 aromatic carbocycles. The highest BCUT2D eigenvalue weighted by atomic mass is 32.2. The van der Waals surface area contributed by atoms with E-state index in [2.05, 4.69) is 11.4 Å². The van der Waals surface area contributed by atoms with E-state index in [1.807, 2.05) is 16.7 Å². The summed E-state index contributed by atoms with van der Waals surface area (Å²) in [5, 5.41) is 3.38. The van der Waals surface area contributed by atoms with Gasteiger partial charge in [-0.1, -0.05) is 18.9 Å². The third kappa shape index (κ3) is 3.48. The van der Waals surface area contributed by atoms with Crippen molar-refractivity contribution in [2.75, 3.05) is 25.4 Å². The number of halogens is 2. The summed E-state index contributed by atoms with van der Waals surface area (Å²) in [7, 11) is 0. The predicted octanol–water partition coefficient (Wildman–Crippen LogP) is 3.66. The number of carbonyl (C=O) groups excluding carboxylic acids is 1. The number of thioether (sulfide) groups is 1. The lowest BCUT2D eigenvalue weighted by molar-refractivity contribution is -0.165. The standard InChI is InChI=1S/C19H28F2N2OS/c20-19(21)7-10-23(16-4-2-1-3-15(16)19)18(24)14-11-17(25-12-14)13-5-8-22-9-6-13/h11,13-16,22H,1-10,12H2. The number of likely N-dealkylation sites (tertiary alicyclic amines) is 1. The summed E-state index contributed by atoms with van der Waals surface area (Å²) in [6.07, 6.45) is 7.43. The van der Waals surface area contributed by atoms with E-state index in [0.717, 1.165) is 50.9 Å². The van der Waals surface area contributed by atoms with Crippen LogP contribution in [0, 0.1) is 17.8 Å². The largest absolute Gasteiger partial charge is 0.338 e. The molecule has 1 N–H and O–H groups in total. The molecule has 0 aromatic rings. The maximum atomic E-state index is 14.3. The van der Waals surface area contributed by atoms with Crippen LogP contribution in [0.1, 0.15) is 44.9 Å². The van der Waals surface area contributed by atoms with Crippen LogP contribution < -0.4 is 5.32 Å². The van der Waals surface area contributed by atoms with Crippen LogP contribution in [-0.4, -0.2) is 48.2 Å². The predicted molar refractivity (Wildman–Crippen MR) is 96.6 cm³/mol. The van der Waals surface area contributed by atoms with Crippen LogP contribution >= 0.6 is 11.8 Å². The SMILES string of the molecule is O=C(C1C=C(C2CCNCC2)SC1)N1CCC(F)(F)C2CCCCC21. The fourth-order valence-electron chi connectivity index (χ4n) is 5.07. The van der Waals surface area contributed by atoms with Crippen LogP contribution in [-0.2, 0) is 4.79 Å². The first-order valence-corrected chi connectivity index (χ1v) is 10.8. The van der Waals surface area contributed by atoms with E-state index in [9.17, 15) is 13.6 Å². The molecule has 3 heterocycles. The van der Waals surface area contributed by atoms with E-state index in [0.29, 0.717) is 12.3 Å². The van der Waals surface area contributed by atoms with Crippen molar-refractivity contribution in [2.24, 2.45) is 17.8 Å². The summed E-state index contributed by atoms with van der Waals surface area (Å²) >= 11 is 1.82. The van der Waals surface area contributed by atoms with Crippen molar-refractivity contribution in [3.05, 3.63) is 11.0 Å². The molecule has 1 aliphatic carbocycles. The number of fused-ring (bicyclic) bond motifs is 1. The number of rotatable bonds is 2. The van der Waals surface area contributed by atoms with Gasteiger partial charge < -0.3 is 10.2 Å². The molecular formula is C19H28F2N2OS. The number of nitrogens with zero attached hydrogens (tertiary/aromatic N) is 1. The second-order valence-corrected chi connectivity index (χ2v) is 9.11. The number of hydrogen-bond acceptors (Lipinski definition) is 3. The number of amides is 1. The normalized spacial score (nSPS) is 36.0. The second kappa shape index (κ2) is 7.18. The maximum absolute atomic E-state index is 14.3. The zero-order valence-corrected chi connectivity index (χ0v) is 15.5. The van der Waals surface area contributed by atoms with E-state index >= 15 is 0 Å². The molecule has 0 spiro atoms. The molecule has 3 atom stereocenters. The van der Waals surface area contributed by atoms with Crippen molar-refractivity contribution < 1.29 is 13.6 Å². The first kappa shape index (κ1) is 17.8. The lowest BCUT2D eigenvalue weighted by atomic mass is 9.75. The fourth-order valence-corrected chi connectivity index (χ4v) is 6.41. The van der Waals surface area contributed by atoms with Gasteiger partial charge in [0.25, 0.3) is 5.92 Å². The number of alkyl halides is 2. The van der Waals surface area contributed by atoms with Crippen LogP contribution in [0.3, 0.4) is 0 Å². The van der Waals surface area contributed by atoms with Gasteiger partial charge in [-0.25, -0.2) is 8.78 Å². The first-order chi connectivity index (χ1) is 12.1. The Hall–Kier alpha value is -0.620. The van der Waals surface area contributed by atoms with E-state index in [-0.39, 0.29) is 30.8 Å². The second-order valence-electron chi connectivity index (χ2n) is 8.01. The van der Waals surface area contributed by atoms with Crippen molar-refractivity contribution in [3.63, 3.8) is 0 Å². The Labute approximate surface area is 153 Å². The topological polar surface area (TPSA) is 32.3 Å². The third-order valence-corrected chi connectivity index (χ3v) is 7.82. The molecule has 4 aliphatic rings. The van der Waals surface area contributed by atoms with E-state index < -0.39 is 11.8 Å². The van der Waals surface area contributed by atoms with Gasteiger partial charge in [0.05, 0.1) is 5.92 Å². The van der Waals surface area contributed by atoms with Crippen molar-refractivity contribution in [1.82, 2.24) is 10.2 Å². The van der Waals surface area contributed by atoms with Crippen LogP contribution in [0.2, 0.25) is 0 Å². The van der Waals surface area contributed by atoms with Crippen molar-refractivity contribution in [3.8, 4) is 0 Å². The fraction of sp³-hybridized carbons (Fsp3) is 0.842. The average molecular weight is 371 g/mol. The number of nitrogens with one attached hydrogen (secondary N) is 1. The molecular weight excluding hydrogens is 342 g/mol. The summed E-state index contributed by atoms with van der Waals surface area (Å²) in [6, 6.07) is -0.244. The number of allylic oxidation sites excluding steroid dienone is 1. The lowest BCUT2D eigenvalue weighted by Crippen LogP contribution is -2.58. The molecule has 3 aliphatic heterocycles. The molecule has 2 saturated heterocycles. The molecule has 140 valence electrons. The van der Waals surface area contributed by atoms with Gasteiger partial charge in [-0.15, -0.1) is 11.8 Å². The van der Waals surface area contributed by atoms with Crippen molar-refractivity contribution in [2.45, 2.75) is 56.9 Å². The van der Waals surface area contributed by atoms with E-state index in [1.54, 1.807) is 0 Å². The smallest absolute Gasteiger partial charge is 0.254 e. The molecule has 1 amide bonds. The lowest BCUT2D eigenvalue weighted by Gasteiger charge is -2.48. The highest BCUT2D eigenvalue weighted by Crippen LogP contribution is 2.46. The molecule has 6 heteroatoms. The summed E-state index contributed by atoms with van der Waals surface area (Å²) in [5.74, 6) is -1.85. The molecule has 1 saturated carbocycles. The zero-order chi connectivity index (χ0) is 17.4. The summed E-state index contributed by atoms with van der Waals surface area (Å²) in [4.78, 5) is 16.3. The van der Waals surface area contributed by atoms with Gasteiger partial charge in [0, 0.05) is 30.7 Å². The minimum atomic E-state index is -2.59. The highest BCUT2D eigenvalue weighted by molar-refractivity contribution is 8.03. The van der Waals surface area contributed by atoms with Gasteiger partial charge in [-0.3, -0.25) is 4.79 Å². The summed E-state index contributed by atoms with van der Waals surface area (Å²) < 4.78 is 28.6. The Bertz CT molecular complexity index is 548. The molecule has 4 rings (SSSR count). The molecule has 3 fully saturated rings. The monoisotopic (exact) mass is 370 g/mol. The first-order valence-electron chi connectivity index (χ1n) is 9.80. The Morgan fingerprint density at radius 3 is 2.76 bits per heavy atom. The average Bonchev–Trinajstić information content (AvgIpc) is 3.12. The highest BCUT2D eigenvalue weighted by Gasteiger charge is 2.52. The number of hydrogen-bond donors (Lipinski definition) is 1. The molecule has 0 radical (unpaired) electrons. The summed E-state index contributed by atoms with van der Waals surface area (Å²) in [5.41, 5.74) is 0. The van der Waals surface area contributed by atoms with E-state index in [1.165, 1.54) is 4.91 Å². The maximum Gasteiger partial charge on any atom is 0.254 e.